The zero-order chi connectivity index (χ0) is 17.2. The molecule has 0 aliphatic rings. The first-order valence-corrected chi connectivity index (χ1v) is 8.94. The standard InChI is InChI=1S/C18H18N4O2S/c1-12(23)9-19-18-21-14-5-2-3-6-15(14)22(18)10-13-11-24-17(20-13)16-7-4-8-25-16/h2-8,11-12,23H,9-10H2,1H3,(H,19,21). The number of nitrogens with zero attached hydrogens (tertiary/aromatic N) is 3. The van der Waals surface area contributed by atoms with Gasteiger partial charge >= 0.3 is 0 Å². The van der Waals surface area contributed by atoms with Crippen molar-refractivity contribution in [3.8, 4) is 10.8 Å². The van der Waals surface area contributed by atoms with E-state index in [-0.39, 0.29) is 0 Å². The van der Waals surface area contributed by atoms with Crippen molar-refractivity contribution in [2.24, 2.45) is 0 Å². The molecule has 4 rings (SSSR count). The normalized spacial score (nSPS) is 12.6. The number of oxazole rings is 1. The van der Waals surface area contributed by atoms with Crippen LogP contribution in [0.1, 0.15) is 12.6 Å². The monoisotopic (exact) mass is 354 g/mol. The quantitative estimate of drug-likeness (QED) is 0.553. The number of fused-ring (bicyclic) bond motifs is 1. The lowest BCUT2D eigenvalue weighted by Crippen LogP contribution is -2.18. The molecule has 0 amide bonds. The number of aliphatic hydroxyl groups excluding tert-OH is 1. The van der Waals surface area contributed by atoms with E-state index < -0.39 is 6.10 Å². The zero-order valence-corrected chi connectivity index (χ0v) is 14.5. The number of rotatable bonds is 6. The molecule has 0 bridgehead atoms. The summed E-state index contributed by atoms with van der Waals surface area (Å²) in [6.07, 6.45) is 1.23. The summed E-state index contributed by atoms with van der Waals surface area (Å²) in [5, 5.41) is 14.8. The number of imidazole rings is 1. The summed E-state index contributed by atoms with van der Waals surface area (Å²) in [6, 6.07) is 11.9. The summed E-state index contributed by atoms with van der Waals surface area (Å²) in [6.45, 7) is 2.71. The van der Waals surface area contributed by atoms with Crippen LogP contribution >= 0.6 is 11.3 Å². The van der Waals surface area contributed by atoms with Crippen molar-refractivity contribution >= 4 is 28.3 Å². The number of hydrogen-bond donors (Lipinski definition) is 2. The fraction of sp³-hybridized carbons (Fsp3) is 0.222. The highest BCUT2D eigenvalue weighted by atomic mass is 32.1. The van der Waals surface area contributed by atoms with Gasteiger partial charge in [-0.1, -0.05) is 18.2 Å². The Bertz CT molecular complexity index is 972. The van der Waals surface area contributed by atoms with Gasteiger partial charge in [0.25, 0.3) is 0 Å². The molecule has 128 valence electrons. The van der Waals surface area contributed by atoms with Crippen molar-refractivity contribution in [3.05, 3.63) is 53.7 Å². The third kappa shape index (κ3) is 3.29. The van der Waals surface area contributed by atoms with Crippen LogP contribution in [0.2, 0.25) is 0 Å². The SMILES string of the molecule is CC(O)CNc1nc2ccccc2n1Cc1coc(-c2cccs2)n1. The Morgan fingerprint density at radius 3 is 2.92 bits per heavy atom. The van der Waals surface area contributed by atoms with Gasteiger partial charge in [-0.05, 0) is 30.5 Å². The molecule has 0 fully saturated rings. The summed E-state index contributed by atoms with van der Waals surface area (Å²) < 4.78 is 7.66. The molecule has 1 atom stereocenters. The van der Waals surface area contributed by atoms with E-state index in [1.54, 1.807) is 24.5 Å². The van der Waals surface area contributed by atoms with Crippen LogP contribution < -0.4 is 5.32 Å². The van der Waals surface area contributed by atoms with Gasteiger partial charge in [0.2, 0.25) is 11.8 Å². The highest BCUT2D eigenvalue weighted by Crippen LogP contribution is 2.25. The zero-order valence-electron chi connectivity index (χ0n) is 13.7. The molecular formula is C18H18N4O2S. The topological polar surface area (TPSA) is 76.1 Å². The number of nitrogens with one attached hydrogen (secondary N) is 1. The Hall–Kier alpha value is -2.64. The van der Waals surface area contributed by atoms with Crippen molar-refractivity contribution in [2.75, 3.05) is 11.9 Å². The second-order valence-corrected chi connectivity index (χ2v) is 6.81. The van der Waals surface area contributed by atoms with Crippen LogP contribution in [-0.2, 0) is 6.54 Å². The molecule has 25 heavy (non-hydrogen) atoms. The maximum Gasteiger partial charge on any atom is 0.236 e. The van der Waals surface area contributed by atoms with Crippen molar-refractivity contribution in [1.82, 2.24) is 14.5 Å². The third-order valence-corrected chi connectivity index (χ3v) is 4.67. The molecule has 0 radical (unpaired) electrons. The largest absolute Gasteiger partial charge is 0.443 e. The second-order valence-electron chi connectivity index (χ2n) is 5.86. The molecule has 4 aromatic rings. The number of aliphatic hydroxyl groups is 1. The van der Waals surface area contributed by atoms with Crippen molar-refractivity contribution in [2.45, 2.75) is 19.6 Å². The average Bonchev–Trinajstić information content (AvgIpc) is 3.33. The van der Waals surface area contributed by atoms with Crippen LogP contribution in [0.3, 0.4) is 0 Å². The molecule has 0 aliphatic heterocycles. The summed E-state index contributed by atoms with van der Waals surface area (Å²) in [4.78, 5) is 10.2. The molecule has 3 heterocycles. The average molecular weight is 354 g/mol. The Morgan fingerprint density at radius 2 is 2.12 bits per heavy atom. The Balaban J connectivity index is 1.67. The fourth-order valence-electron chi connectivity index (χ4n) is 2.66. The van der Waals surface area contributed by atoms with E-state index in [1.807, 2.05) is 46.3 Å². The van der Waals surface area contributed by atoms with Crippen molar-refractivity contribution in [1.29, 1.82) is 0 Å². The van der Waals surface area contributed by atoms with Gasteiger partial charge in [-0.15, -0.1) is 11.3 Å². The van der Waals surface area contributed by atoms with Gasteiger partial charge in [0, 0.05) is 6.54 Å². The smallest absolute Gasteiger partial charge is 0.236 e. The molecule has 1 unspecified atom stereocenters. The predicted molar refractivity (Wildman–Crippen MR) is 98.8 cm³/mol. The van der Waals surface area contributed by atoms with Gasteiger partial charge in [0.05, 0.1) is 34.3 Å². The minimum Gasteiger partial charge on any atom is -0.443 e. The minimum absolute atomic E-state index is 0.433. The Labute approximate surface area is 148 Å². The number of aromatic nitrogens is 3. The lowest BCUT2D eigenvalue weighted by molar-refractivity contribution is 0.208. The first-order chi connectivity index (χ1) is 12.2. The molecular weight excluding hydrogens is 336 g/mol. The van der Waals surface area contributed by atoms with Gasteiger partial charge in [0.1, 0.15) is 6.26 Å². The second kappa shape index (κ2) is 6.70. The van der Waals surface area contributed by atoms with E-state index in [9.17, 15) is 5.11 Å². The Kier molecular flexibility index (Phi) is 4.25. The van der Waals surface area contributed by atoms with E-state index in [1.165, 1.54) is 0 Å². The van der Waals surface area contributed by atoms with Crippen molar-refractivity contribution < 1.29 is 9.52 Å². The number of hydrogen-bond acceptors (Lipinski definition) is 6. The van der Waals surface area contributed by atoms with Crippen LogP contribution in [0, 0.1) is 0 Å². The summed E-state index contributed by atoms with van der Waals surface area (Å²) in [7, 11) is 0. The lowest BCUT2D eigenvalue weighted by atomic mass is 10.3. The maximum absolute atomic E-state index is 9.55. The van der Waals surface area contributed by atoms with Crippen LogP contribution in [0.5, 0.6) is 0 Å². The molecule has 7 heteroatoms. The minimum atomic E-state index is -0.453. The van der Waals surface area contributed by atoms with Gasteiger partial charge in [-0.2, -0.15) is 0 Å². The number of anilines is 1. The van der Waals surface area contributed by atoms with Crippen LogP contribution in [0.4, 0.5) is 5.95 Å². The molecule has 0 spiro atoms. The first kappa shape index (κ1) is 15.9. The van der Waals surface area contributed by atoms with Crippen LogP contribution in [0.25, 0.3) is 21.8 Å². The summed E-state index contributed by atoms with van der Waals surface area (Å²) in [5.41, 5.74) is 2.74. The summed E-state index contributed by atoms with van der Waals surface area (Å²) >= 11 is 1.60. The molecule has 1 aromatic carbocycles. The number of benzene rings is 1. The van der Waals surface area contributed by atoms with Crippen LogP contribution in [0.15, 0.2) is 52.5 Å². The molecule has 2 N–H and O–H groups in total. The fourth-order valence-corrected chi connectivity index (χ4v) is 3.32. The van der Waals surface area contributed by atoms with E-state index in [4.69, 9.17) is 4.42 Å². The predicted octanol–water partition coefficient (Wildman–Crippen LogP) is 3.59. The van der Waals surface area contributed by atoms with Gasteiger partial charge in [-0.25, -0.2) is 9.97 Å². The van der Waals surface area contributed by atoms with E-state index >= 15 is 0 Å². The van der Waals surface area contributed by atoms with Gasteiger partial charge < -0.3 is 19.4 Å². The molecule has 0 saturated carbocycles. The molecule has 6 nitrogen and oxygen atoms in total. The van der Waals surface area contributed by atoms with E-state index in [0.29, 0.717) is 24.9 Å². The highest BCUT2D eigenvalue weighted by molar-refractivity contribution is 7.13. The third-order valence-electron chi connectivity index (χ3n) is 3.81. The highest BCUT2D eigenvalue weighted by Gasteiger charge is 2.14. The van der Waals surface area contributed by atoms with E-state index in [2.05, 4.69) is 15.3 Å². The van der Waals surface area contributed by atoms with E-state index in [0.717, 1.165) is 21.6 Å². The molecule has 3 aromatic heterocycles. The number of thiophene rings is 1. The molecule has 0 aliphatic carbocycles. The maximum atomic E-state index is 9.55. The number of para-hydroxylation sites is 2. The van der Waals surface area contributed by atoms with Crippen LogP contribution in [-0.4, -0.2) is 32.3 Å². The first-order valence-electron chi connectivity index (χ1n) is 8.06. The van der Waals surface area contributed by atoms with Gasteiger partial charge in [0.15, 0.2) is 0 Å². The molecule has 0 saturated heterocycles. The van der Waals surface area contributed by atoms with Crippen molar-refractivity contribution in [3.63, 3.8) is 0 Å². The summed E-state index contributed by atoms with van der Waals surface area (Å²) in [5.74, 6) is 1.34. The Morgan fingerprint density at radius 1 is 1.24 bits per heavy atom. The van der Waals surface area contributed by atoms with Gasteiger partial charge in [-0.3, -0.25) is 0 Å². The lowest BCUT2D eigenvalue weighted by Gasteiger charge is -2.10.